The Labute approximate surface area is 115 Å². The van der Waals surface area contributed by atoms with Crippen LogP contribution in [0.25, 0.3) is 0 Å². The van der Waals surface area contributed by atoms with E-state index in [0.717, 1.165) is 12.5 Å². The number of hydrogen-bond acceptors (Lipinski definition) is 3. The molecule has 0 spiro atoms. The lowest BCUT2D eigenvalue weighted by Gasteiger charge is -2.20. The molecule has 3 nitrogen and oxygen atoms in total. The fraction of sp³-hybridized carbons (Fsp3) is 0.625. The van der Waals surface area contributed by atoms with Gasteiger partial charge < -0.3 is 11.1 Å². The second kappa shape index (κ2) is 4.58. The van der Waals surface area contributed by atoms with Crippen molar-refractivity contribution < 1.29 is 0 Å². The van der Waals surface area contributed by atoms with Crippen molar-refractivity contribution >= 4 is 0 Å². The molecule has 0 bridgehead atoms. The van der Waals surface area contributed by atoms with Gasteiger partial charge in [-0.05, 0) is 36.8 Å². The highest BCUT2D eigenvalue weighted by Crippen LogP contribution is 2.38. The molecule has 3 heteroatoms. The summed E-state index contributed by atoms with van der Waals surface area (Å²) in [6.45, 7) is 2.52. The molecule has 1 saturated heterocycles. The molecule has 0 amide bonds. The zero-order valence-corrected chi connectivity index (χ0v) is 11.4. The quantitative estimate of drug-likeness (QED) is 0.869. The minimum atomic E-state index is 0.217. The lowest BCUT2D eigenvalue weighted by atomic mass is 10.1. The van der Waals surface area contributed by atoms with E-state index in [0.29, 0.717) is 12.1 Å². The van der Waals surface area contributed by atoms with Crippen LogP contribution in [0.2, 0.25) is 0 Å². The maximum absolute atomic E-state index is 6.25. The number of fused-ring (bicyclic) bond motifs is 1. The maximum Gasteiger partial charge on any atom is 0.0344 e. The first-order valence-electron chi connectivity index (χ1n) is 7.66. The van der Waals surface area contributed by atoms with E-state index in [4.69, 9.17) is 5.73 Å². The molecule has 2 fully saturated rings. The lowest BCUT2D eigenvalue weighted by molar-refractivity contribution is 0.311. The molecule has 3 aliphatic rings. The second-order valence-corrected chi connectivity index (χ2v) is 6.40. The van der Waals surface area contributed by atoms with Gasteiger partial charge in [0.25, 0.3) is 0 Å². The number of nitrogens with one attached hydrogen (secondary N) is 1. The van der Waals surface area contributed by atoms with Gasteiger partial charge in [-0.3, -0.25) is 4.90 Å². The van der Waals surface area contributed by atoms with Crippen LogP contribution in [0.4, 0.5) is 0 Å². The second-order valence-electron chi connectivity index (χ2n) is 6.40. The molecule has 1 aliphatic heterocycles. The molecule has 1 aromatic rings. The highest BCUT2D eigenvalue weighted by Gasteiger charge is 2.36. The fourth-order valence-corrected chi connectivity index (χ4v) is 3.81. The summed E-state index contributed by atoms with van der Waals surface area (Å²) in [6, 6.07) is 10.9. The van der Waals surface area contributed by atoms with Gasteiger partial charge in [0.05, 0.1) is 0 Å². The molecule has 19 heavy (non-hydrogen) atoms. The summed E-state index contributed by atoms with van der Waals surface area (Å²) in [5.41, 5.74) is 9.02. The van der Waals surface area contributed by atoms with Gasteiger partial charge in [0.15, 0.2) is 0 Å². The monoisotopic (exact) mass is 257 g/mol. The van der Waals surface area contributed by atoms with Crippen LogP contribution in [0.15, 0.2) is 24.3 Å². The summed E-state index contributed by atoms with van der Waals surface area (Å²) in [7, 11) is 0. The summed E-state index contributed by atoms with van der Waals surface area (Å²) in [5, 5.41) is 3.86. The third-order valence-corrected chi connectivity index (χ3v) is 4.98. The van der Waals surface area contributed by atoms with Crippen LogP contribution in [0.3, 0.4) is 0 Å². The maximum atomic E-state index is 6.25. The van der Waals surface area contributed by atoms with Gasteiger partial charge in [-0.15, -0.1) is 0 Å². The van der Waals surface area contributed by atoms with Crippen LogP contribution >= 0.6 is 0 Å². The first-order valence-corrected chi connectivity index (χ1v) is 7.66. The lowest BCUT2D eigenvalue weighted by Crippen LogP contribution is -2.35. The first-order chi connectivity index (χ1) is 9.31. The zero-order chi connectivity index (χ0) is 12.8. The fourth-order valence-electron chi connectivity index (χ4n) is 3.81. The van der Waals surface area contributed by atoms with Gasteiger partial charge in [0.2, 0.25) is 0 Å². The van der Waals surface area contributed by atoms with Crippen LogP contribution in [0.1, 0.15) is 48.9 Å². The van der Waals surface area contributed by atoms with Crippen LogP contribution in [-0.4, -0.2) is 30.1 Å². The smallest absolute Gasteiger partial charge is 0.0344 e. The third kappa shape index (κ3) is 2.20. The Balaban J connectivity index is 1.44. The van der Waals surface area contributed by atoms with Crippen LogP contribution in [0.5, 0.6) is 0 Å². The van der Waals surface area contributed by atoms with E-state index in [2.05, 4.69) is 34.5 Å². The highest BCUT2D eigenvalue weighted by atomic mass is 15.2. The van der Waals surface area contributed by atoms with Gasteiger partial charge in [0, 0.05) is 37.3 Å². The average Bonchev–Trinajstić information content (AvgIpc) is 3.10. The van der Waals surface area contributed by atoms with Crippen molar-refractivity contribution in [3.8, 4) is 0 Å². The summed E-state index contributed by atoms with van der Waals surface area (Å²) >= 11 is 0. The third-order valence-electron chi connectivity index (χ3n) is 4.98. The number of hydrogen-bond donors (Lipinski definition) is 2. The molecular weight excluding hydrogens is 234 g/mol. The predicted octanol–water partition coefficient (Wildman–Crippen LogP) is 1.96. The Morgan fingerprint density at radius 3 is 2.68 bits per heavy atom. The molecule has 1 heterocycles. The van der Waals surface area contributed by atoms with Crippen molar-refractivity contribution in [3.05, 3.63) is 35.4 Å². The molecule has 1 saturated carbocycles. The van der Waals surface area contributed by atoms with Gasteiger partial charge in [-0.25, -0.2) is 0 Å². The Kier molecular flexibility index (Phi) is 2.87. The summed E-state index contributed by atoms with van der Waals surface area (Å²) in [6.07, 6.45) is 5.19. The van der Waals surface area contributed by atoms with Crippen LogP contribution in [0, 0.1) is 0 Å². The van der Waals surface area contributed by atoms with E-state index in [1.54, 1.807) is 0 Å². The Morgan fingerprint density at radius 2 is 1.89 bits per heavy atom. The minimum Gasteiger partial charge on any atom is -0.324 e. The van der Waals surface area contributed by atoms with Gasteiger partial charge in [0.1, 0.15) is 0 Å². The highest BCUT2D eigenvalue weighted by molar-refractivity contribution is 5.37. The van der Waals surface area contributed by atoms with Crippen LogP contribution < -0.4 is 11.1 Å². The summed E-state index contributed by atoms with van der Waals surface area (Å²) in [5.74, 6) is 0. The number of rotatable bonds is 3. The van der Waals surface area contributed by atoms with Crippen LogP contribution in [-0.2, 0) is 0 Å². The molecule has 4 rings (SSSR count). The SMILES string of the molecule is NC1CC(NC2CCN(C3CC3)C2)c2ccccc21. The van der Waals surface area contributed by atoms with Gasteiger partial charge in [-0.1, -0.05) is 24.3 Å². The van der Waals surface area contributed by atoms with E-state index >= 15 is 0 Å². The van der Waals surface area contributed by atoms with E-state index < -0.39 is 0 Å². The summed E-state index contributed by atoms with van der Waals surface area (Å²) in [4.78, 5) is 2.67. The van der Waals surface area contributed by atoms with E-state index in [1.165, 1.54) is 43.5 Å². The predicted molar refractivity (Wildman–Crippen MR) is 76.9 cm³/mol. The molecule has 3 N–H and O–H groups in total. The van der Waals surface area contributed by atoms with Crippen molar-refractivity contribution in [3.63, 3.8) is 0 Å². The summed E-state index contributed by atoms with van der Waals surface area (Å²) < 4.78 is 0. The topological polar surface area (TPSA) is 41.3 Å². The van der Waals surface area contributed by atoms with E-state index in [1.807, 2.05) is 0 Å². The molecule has 3 atom stereocenters. The Bertz CT molecular complexity index is 469. The average molecular weight is 257 g/mol. The molecular formula is C16H23N3. The van der Waals surface area contributed by atoms with E-state index in [-0.39, 0.29) is 6.04 Å². The molecule has 1 aromatic carbocycles. The van der Waals surface area contributed by atoms with E-state index in [9.17, 15) is 0 Å². The molecule has 0 radical (unpaired) electrons. The number of benzene rings is 1. The van der Waals surface area contributed by atoms with Crippen molar-refractivity contribution in [1.82, 2.24) is 10.2 Å². The number of nitrogens with zero attached hydrogens (tertiary/aromatic N) is 1. The number of likely N-dealkylation sites (tertiary alicyclic amines) is 1. The molecule has 2 aliphatic carbocycles. The first kappa shape index (κ1) is 11.9. The van der Waals surface area contributed by atoms with Crippen molar-refractivity contribution in [2.45, 2.75) is 49.9 Å². The van der Waals surface area contributed by atoms with Crippen molar-refractivity contribution in [1.29, 1.82) is 0 Å². The standard InChI is InChI=1S/C16H23N3/c17-15-9-16(14-4-2-1-3-13(14)15)18-11-7-8-19(10-11)12-5-6-12/h1-4,11-12,15-16,18H,5-10,17H2. The molecule has 0 aromatic heterocycles. The van der Waals surface area contributed by atoms with Crippen molar-refractivity contribution in [2.24, 2.45) is 5.73 Å². The number of nitrogens with two attached hydrogens (primary N) is 1. The van der Waals surface area contributed by atoms with Gasteiger partial charge >= 0.3 is 0 Å². The Morgan fingerprint density at radius 1 is 1.11 bits per heavy atom. The van der Waals surface area contributed by atoms with Crippen molar-refractivity contribution in [2.75, 3.05) is 13.1 Å². The molecule has 102 valence electrons. The molecule has 3 unspecified atom stereocenters. The normalized spacial score (nSPS) is 34.7. The minimum absolute atomic E-state index is 0.217. The Hall–Kier alpha value is -0.900. The largest absolute Gasteiger partial charge is 0.324 e. The zero-order valence-electron chi connectivity index (χ0n) is 11.4. The van der Waals surface area contributed by atoms with Gasteiger partial charge in [-0.2, -0.15) is 0 Å².